The van der Waals surface area contributed by atoms with E-state index in [0.29, 0.717) is 30.1 Å². The summed E-state index contributed by atoms with van der Waals surface area (Å²) in [4.78, 5) is 12.7. The lowest BCUT2D eigenvalue weighted by Gasteiger charge is -2.23. The molecule has 32 heavy (non-hydrogen) atoms. The molecular formula is C25H28FN3O3. The molecule has 1 aliphatic carbocycles. The molecule has 168 valence electrons. The molecule has 0 fully saturated rings. The van der Waals surface area contributed by atoms with Gasteiger partial charge in [0.05, 0.1) is 11.4 Å². The van der Waals surface area contributed by atoms with Crippen molar-refractivity contribution in [3.05, 3.63) is 75.8 Å². The number of nitrogens with one attached hydrogen (secondary N) is 1. The van der Waals surface area contributed by atoms with Crippen LogP contribution < -0.4 is 15.6 Å². The molecule has 2 N–H and O–H groups in total. The van der Waals surface area contributed by atoms with Crippen molar-refractivity contribution < 1.29 is 14.2 Å². The van der Waals surface area contributed by atoms with Crippen molar-refractivity contribution in [1.29, 1.82) is 0 Å². The minimum atomic E-state index is -0.640. The minimum absolute atomic E-state index is 0.0793. The highest BCUT2D eigenvalue weighted by molar-refractivity contribution is 5.69. The first-order valence-corrected chi connectivity index (χ1v) is 10.8. The number of fused-ring (bicyclic) bond motifs is 3. The molecule has 1 heterocycles. The molecule has 7 heteroatoms. The van der Waals surface area contributed by atoms with Crippen LogP contribution in [0, 0.1) is 5.82 Å². The van der Waals surface area contributed by atoms with Crippen molar-refractivity contribution in [3.63, 3.8) is 0 Å². The van der Waals surface area contributed by atoms with E-state index < -0.39 is 6.10 Å². The predicted molar refractivity (Wildman–Crippen MR) is 122 cm³/mol. The van der Waals surface area contributed by atoms with E-state index in [-0.39, 0.29) is 23.5 Å². The van der Waals surface area contributed by atoms with Crippen molar-refractivity contribution in [3.8, 4) is 22.7 Å². The fourth-order valence-electron chi connectivity index (χ4n) is 3.71. The third-order valence-electron chi connectivity index (χ3n) is 5.39. The molecule has 0 bridgehead atoms. The summed E-state index contributed by atoms with van der Waals surface area (Å²) in [5.74, 6) is 0.263. The quantitative estimate of drug-likeness (QED) is 0.619. The Balaban J connectivity index is 1.51. The number of hydrogen-bond donors (Lipinski definition) is 2. The fraction of sp³-hybridized carbons (Fsp3) is 0.360. The van der Waals surface area contributed by atoms with Crippen LogP contribution in [0.3, 0.4) is 0 Å². The molecule has 0 saturated heterocycles. The summed E-state index contributed by atoms with van der Waals surface area (Å²) >= 11 is 0. The number of benzene rings is 2. The zero-order chi connectivity index (χ0) is 22.9. The molecule has 6 nitrogen and oxygen atoms in total. The number of nitrogens with zero attached hydrogens (tertiary/aromatic N) is 2. The van der Waals surface area contributed by atoms with Crippen LogP contribution in [0.5, 0.6) is 5.75 Å². The second-order valence-electron chi connectivity index (χ2n) is 9.16. The number of rotatable bonds is 6. The van der Waals surface area contributed by atoms with Gasteiger partial charge in [0.2, 0.25) is 0 Å². The van der Waals surface area contributed by atoms with Crippen LogP contribution in [0.15, 0.2) is 53.3 Å². The number of halogens is 1. The van der Waals surface area contributed by atoms with Gasteiger partial charge in [-0.15, -0.1) is 0 Å². The van der Waals surface area contributed by atoms with E-state index in [0.717, 1.165) is 23.1 Å². The highest BCUT2D eigenvalue weighted by Gasteiger charge is 2.20. The third-order valence-corrected chi connectivity index (χ3v) is 5.39. The van der Waals surface area contributed by atoms with Crippen LogP contribution in [-0.2, 0) is 12.8 Å². The predicted octanol–water partition coefficient (Wildman–Crippen LogP) is 3.27. The van der Waals surface area contributed by atoms with Gasteiger partial charge >= 0.3 is 0 Å². The highest BCUT2D eigenvalue weighted by atomic mass is 19.1. The van der Waals surface area contributed by atoms with Gasteiger partial charge in [0.15, 0.2) is 0 Å². The molecule has 3 aromatic rings. The topological polar surface area (TPSA) is 76.4 Å². The fourth-order valence-corrected chi connectivity index (χ4v) is 3.71. The first kappa shape index (κ1) is 22.2. The van der Waals surface area contributed by atoms with E-state index in [4.69, 9.17) is 4.74 Å². The summed E-state index contributed by atoms with van der Waals surface area (Å²) in [6.45, 7) is 6.68. The Morgan fingerprint density at radius 2 is 1.84 bits per heavy atom. The molecule has 1 atom stereocenters. The lowest BCUT2D eigenvalue weighted by Crippen LogP contribution is -2.42. The van der Waals surface area contributed by atoms with Crippen LogP contribution in [0.4, 0.5) is 4.39 Å². The summed E-state index contributed by atoms with van der Waals surface area (Å²) < 4.78 is 20.8. The number of aryl methyl sites for hydroxylation is 2. The van der Waals surface area contributed by atoms with Gasteiger partial charge in [-0.3, -0.25) is 4.79 Å². The zero-order valence-electron chi connectivity index (χ0n) is 18.6. The average Bonchev–Trinajstić information content (AvgIpc) is 2.75. The van der Waals surface area contributed by atoms with Gasteiger partial charge in [-0.25, -0.2) is 4.39 Å². The van der Waals surface area contributed by atoms with Gasteiger partial charge in [-0.2, -0.15) is 9.78 Å². The van der Waals surface area contributed by atoms with Gasteiger partial charge < -0.3 is 15.2 Å². The van der Waals surface area contributed by atoms with Crippen molar-refractivity contribution in [2.24, 2.45) is 0 Å². The van der Waals surface area contributed by atoms with E-state index in [1.54, 1.807) is 36.4 Å². The van der Waals surface area contributed by atoms with Gasteiger partial charge in [-0.1, -0.05) is 6.07 Å². The first-order valence-electron chi connectivity index (χ1n) is 10.8. The Labute approximate surface area is 186 Å². The molecular weight excluding hydrogens is 409 g/mol. The van der Waals surface area contributed by atoms with Crippen molar-refractivity contribution in [2.45, 2.75) is 45.3 Å². The molecule has 1 unspecified atom stereocenters. The standard InChI is InChI=1S/C25H28FN3O3/c1-25(2,3)27-14-20(30)15-32-21-10-8-19(9-11-21)29-23(31)12-17-5-4-16-6-7-18(26)13-22(16)24(17)28-29/h6-13,20,27,30H,4-5,14-15H2,1-3H3. The van der Waals surface area contributed by atoms with Crippen molar-refractivity contribution in [1.82, 2.24) is 15.1 Å². The number of aliphatic hydroxyl groups is 1. The normalized spacial score (nSPS) is 13.9. The van der Waals surface area contributed by atoms with Gasteiger partial charge in [0.25, 0.3) is 5.56 Å². The van der Waals surface area contributed by atoms with Gasteiger partial charge in [-0.05, 0) is 81.1 Å². The van der Waals surface area contributed by atoms with Crippen LogP contribution >= 0.6 is 0 Å². The maximum Gasteiger partial charge on any atom is 0.271 e. The van der Waals surface area contributed by atoms with Crippen LogP contribution in [0.1, 0.15) is 31.9 Å². The molecule has 4 rings (SSSR count). The monoisotopic (exact) mass is 437 g/mol. The molecule has 0 amide bonds. The molecule has 0 aliphatic heterocycles. The molecule has 0 spiro atoms. The highest BCUT2D eigenvalue weighted by Crippen LogP contribution is 2.31. The van der Waals surface area contributed by atoms with E-state index >= 15 is 0 Å². The molecule has 1 aliphatic rings. The van der Waals surface area contributed by atoms with Crippen LogP contribution in [-0.4, -0.2) is 39.7 Å². The summed E-state index contributed by atoms with van der Waals surface area (Å²) in [5.41, 5.74) is 3.51. The Morgan fingerprint density at radius 1 is 1.12 bits per heavy atom. The number of hydrogen-bond acceptors (Lipinski definition) is 5. The summed E-state index contributed by atoms with van der Waals surface area (Å²) in [7, 11) is 0. The first-order chi connectivity index (χ1) is 15.2. The minimum Gasteiger partial charge on any atom is -0.491 e. The third kappa shape index (κ3) is 5.06. The van der Waals surface area contributed by atoms with Crippen LogP contribution in [0.25, 0.3) is 16.9 Å². The largest absolute Gasteiger partial charge is 0.491 e. The maximum atomic E-state index is 13.8. The summed E-state index contributed by atoms with van der Waals surface area (Å²) in [6.07, 6.45) is 0.826. The van der Waals surface area contributed by atoms with Crippen molar-refractivity contribution in [2.75, 3.05) is 13.2 Å². The van der Waals surface area contributed by atoms with E-state index in [1.165, 1.54) is 16.8 Å². The second kappa shape index (κ2) is 8.84. The molecule has 2 aromatic carbocycles. The SMILES string of the molecule is CC(C)(C)NCC(O)COc1ccc(-n2nc3c(cc2=O)CCc2ccc(F)cc2-3)cc1. The Bertz CT molecular complexity index is 1170. The van der Waals surface area contributed by atoms with Gasteiger partial charge in [0.1, 0.15) is 24.3 Å². The Kier molecular flexibility index (Phi) is 6.13. The zero-order valence-corrected chi connectivity index (χ0v) is 18.6. The second-order valence-corrected chi connectivity index (χ2v) is 9.16. The van der Waals surface area contributed by atoms with Gasteiger partial charge in [0, 0.05) is 23.7 Å². The molecule has 0 radical (unpaired) electrons. The van der Waals surface area contributed by atoms with E-state index in [9.17, 15) is 14.3 Å². The number of β-amino-alcohol motifs (C(OH)–C–C–N with tert-alkyl or cyclic N) is 1. The summed E-state index contributed by atoms with van der Waals surface area (Å²) in [6, 6.07) is 13.2. The number of aliphatic hydroxyl groups excluding tert-OH is 1. The average molecular weight is 438 g/mol. The van der Waals surface area contributed by atoms with E-state index in [1.807, 2.05) is 20.8 Å². The Morgan fingerprint density at radius 3 is 2.56 bits per heavy atom. The van der Waals surface area contributed by atoms with E-state index in [2.05, 4.69) is 10.4 Å². The summed E-state index contributed by atoms with van der Waals surface area (Å²) in [5, 5.41) is 17.9. The molecule has 0 saturated carbocycles. The lowest BCUT2D eigenvalue weighted by molar-refractivity contribution is 0.100. The smallest absolute Gasteiger partial charge is 0.271 e. The Hall–Kier alpha value is -3.03. The van der Waals surface area contributed by atoms with Crippen LogP contribution in [0.2, 0.25) is 0 Å². The maximum absolute atomic E-state index is 13.8. The number of aromatic nitrogens is 2. The lowest BCUT2D eigenvalue weighted by atomic mass is 9.89. The number of ether oxygens (including phenoxy) is 1. The van der Waals surface area contributed by atoms with Crippen molar-refractivity contribution >= 4 is 0 Å². The molecule has 1 aromatic heterocycles.